The van der Waals surface area contributed by atoms with Crippen molar-refractivity contribution in [3.05, 3.63) is 0 Å². The predicted octanol–water partition coefficient (Wildman–Crippen LogP) is -1.51. The van der Waals surface area contributed by atoms with Gasteiger partial charge >= 0.3 is 0 Å². The van der Waals surface area contributed by atoms with Crippen molar-refractivity contribution in [3.63, 3.8) is 0 Å². The second kappa shape index (κ2) is 2.84. The number of ether oxygens (including phenoxy) is 1. The summed E-state index contributed by atoms with van der Waals surface area (Å²) in [6, 6.07) is 0. The highest BCUT2D eigenvalue weighted by atomic mass is 16.5. The number of hydrogen-bond acceptors (Lipinski definition) is 4. The molecule has 60 valence electrons. The molecule has 1 heterocycles. The van der Waals surface area contributed by atoms with E-state index in [9.17, 15) is 0 Å². The van der Waals surface area contributed by atoms with Gasteiger partial charge in [0, 0.05) is 0 Å². The Morgan fingerprint density at radius 3 is 2.30 bits per heavy atom. The Bertz CT molecular complexity index is 102. The highest BCUT2D eigenvalue weighted by molar-refractivity contribution is 4.83. The molecule has 10 heavy (non-hydrogen) atoms. The Labute approximate surface area is 59.1 Å². The molecule has 1 aliphatic heterocycles. The zero-order valence-corrected chi connectivity index (χ0v) is 5.77. The molecular weight excluding hydrogens is 136 g/mol. The van der Waals surface area contributed by atoms with Gasteiger partial charge in [0.15, 0.2) is 0 Å². The average molecular weight is 148 g/mol. The Balaban J connectivity index is 2.52. The van der Waals surface area contributed by atoms with Gasteiger partial charge in [-0.1, -0.05) is 0 Å². The summed E-state index contributed by atoms with van der Waals surface area (Å²) in [4.78, 5) is 0. The summed E-state index contributed by atoms with van der Waals surface area (Å²) in [5.41, 5.74) is 0. The summed E-state index contributed by atoms with van der Waals surface area (Å²) in [6.45, 7) is 1.75. The molecule has 1 aliphatic rings. The van der Waals surface area contributed by atoms with Gasteiger partial charge in [0.1, 0.15) is 18.3 Å². The lowest BCUT2D eigenvalue weighted by atomic mass is 10.0. The van der Waals surface area contributed by atoms with Gasteiger partial charge in [0.25, 0.3) is 0 Å². The molecule has 0 spiro atoms. The van der Waals surface area contributed by atoms with E-state index in [0.717, 1.165) is 0 Å². The van der Waals surface area contributed by atoms with E-state index in [-0.39, 0.29) is 6.61 Å². The molecule has 0 radical (unpaired) electrons. The fraction of sp³-hybridized carbons (Fsp3) is 1.00. The maximum Gasteiger partial charge on any atom is 0.110 e. The lowest BCUT2D eigenvalue weighted by Gasteiger charge is -2.33. The van der Waals surface area contributed by atoms with Crippen LogP contribution >= 0.6 is 0 Å². The van der Waals surface area contributed by atoms with Crippen LogP contribution in [-0.4, -0.2) is 46.3 Å². The van der Waals surface area contributed by atoms with Crippen LogP contribution in [0, 0.1) is 0 Å². The molecule has 4 nitrogen and oxygen atoms in total. The molecule has 0 aromatic heterocycles. The average Bonchev–Trinajstić information content (AvgIpc) is 1.93. The molecule has 0 bridgehead atoms. The first-order valence-electron chi connectivity index (χ1n) is 3.28. The first-order chi connectivity index (χ1) is 4.63. The Kier molecular flexibility index (Phi) is 2.25. The van der Waals surface area contributed by atoms with Crippen LogP contribution in [0.1, 0.15) is 6.92 Å². The van der Waals surface area contributed by atoms with Crippen molar-refractivity contribution in [3.8, 4) is 0 Å². The van der Waals surface area contributed by atoms with Crippen LogP contribution in [0.4, 0.5) is 0 Å². The zero-order chi connectivity index (χ0) is 7.72. The molecule has 0 aromatic rings. The minimum atomic E-state index is -1.07. The first-order valence-corrected chi connectivity index (χ1v) is 3.28. The maximum absolute atomic E-state index is 9.08. The standard InChI is InChI=1S/C6H12O4/c1-3-5(8)6(9)4(7)2-10-3/h3-9H,2H2,1H3/t3-,4+,5?,6-/m0/s1. The van der Waals surface area contributed by atoms with Crippen molar-refractivity contribution in [1.29, 1.82) is 0 Å². The Morgan fingerprint density at radius 1 is 1.20 bits per heavy atom. The molecule has 0 aliphatic carbocycles. The van der Waals surface area contributed by atoms with Crippen molar-refractivity contribution < 1.29 is 20.1 Å². The summed E-state index contributed by atoms with van der Waals surface area (Å²) >= 11 is 0. The first kappa shape index (κ1) is 7.94. The van der Waals surface area contributed by atoms with Gasteiger partial charge in [-0.2, -0.15) is 0 Å². The van der Waals surface area contributed by atoms with Crippen LogP contribution in [0.5, 0.6) is 0 Å². The van der Waals surface area contributed by atoms with Crippen LogP contribution in [0.15, 0.2) is 0 Å². The minimum Gasteiger partial charge on any atom is -0.388 e. The van der Waals surface area contributed by atoms with E-state index in [1.807, 2.05) is 0 Å². The van der Waals surface area contributed by atoms with Gasteiger partial charge in [-0.15, -0.1) is 0 Å². The lowest BCUT2D eigenvalue weighted by molar-refractivity contribution is -0.181. The zero-order valence-electron chi connectivity index (χ0n) is 5.77. The van der Waals surface area contributed by atoms with Crippen molar-refractivity contribution in [2.24, 2.45) is 0 Å². The van der Waals surface area contributed by atoms with Crippen molar-refractivity contribution >= 4 is 0 Å². The Hall–Kier alpha value is -0.160. The van der Waals surface area contributed by atoms with E-state index in [4.69, 9.17) is 20.1 Å². The molecule has 0 saturated carbocycles. The van der Waals surface area contributed by atoms with E-state index in [0.29, 0.717) is 0 Å². The Morgan fingerprint density at radius 2 is 1.80 bits per heavy atom. The normalized spacial score (nSPS) is 49.2. The summed E-state index contributed by atoms with van der Waals surface area (Å²) in [6.07, 6.45) is -3.38. The van der Waals surface area contributed by atoms with E-state index in [1.165, 1.54) is 0 Å². The maximum atomic E-state index is 9.08. The molecule has 4 heteroatoms. The van der Waals surface area contributed by atoms with Crippen LogP contribution < -0.4 is 0 Å². The van der Waals surface area contributed by atoms with Crippen LogP contribution in [0.3, 0.4) is 0 Å². The lowest BCUT2D eigenvalue weighted by Crippen LogP contribution is -2.51. The largest absolute Gasteiger partial charge is 0.388 e. The second-order valence-corrected chi connectivity index (χ2v) is 2.59. The van der Waals surface area contributed by atoms with Crippen LogP contribution in [0.25, 0.3) is 0 Å². The molecule has 1 unspecified atom stereocenters. The highest BCUT2D eigenvalue weighted by Crippen LogP contribution is 2.14. The third-order valence-electron chi connectivity index (χ3n) is 1.75. The monoisotopic (exact) mass is 148 g/mol. The quantitative estimate of drug-likeness (QED) is 0.390. The van der Waals surface area contributed by atoms with Crippen molar-refractivity contribution in [2.45, 2.75) is 31.3 Å². The van der Waals surface area contributed by atoms with Gasteiger partial charge in [-0.3, -0.25) is 0 Å². The van der Waals surface area contributed by atoms with Gasteiger partial charge < -0.3 is 20.1 Å². The smallest absolute Gasteiger partial charge is 0.110 e. The van der Waals surface area contributed by atoms with E-state index < -0.39 is 24.4 Å². The summed E-state index contributed by atoms with van der Waals surface area (Å²) in [7, 11) is 0. The van der Waals surface area contributed by atoms with Gasteiger partial charge in [-0.25, -0.2) is 0 Å². The van der Waals surface area contributed by atoms with E-state index in [2.05, 4.69) is 0 Å². The third kappa shape index (κ3) is 1.29. The molecule has 1 fully saturated rings. The topological polar surface area (TPSA) is 69.9 Å². The molecule has 1 rings (SSSR count). The van der Waals surface area contributed by atoms with Crippen molar-refractivity contribution in [2.75, 3.05) is 6.61 Å². The van der Waals surface area contributed by atoms with Crippen LogP contribution in [0.2, 0.25) is 0 Å². The fourth-order valence-electron chi connectivity index (χ4n) is 0.953. The molecule has 4 atom stereocenters. The molecule has 0 amide bonds. The molecular formula is C6H12O4. The van der Waals surface area contributed by atoms with Crippen LogP contribution in [-0.2, 0) is 4.74 Å². The summed E-state index contributed by atoms with van der Waals surface area (Å²) in [5.74, 6) is 0. The van der Waals surface area contributed by atoms with Crippen molar-refractivity contribution in [1.82, 2.24) is 0 Å². The summed E-state index contributed by atoms with van der Waals surface area (Å²) < 4.78 is 4.91. The van der Waals surface area contributed by atoms with E-state index in [1.54, 1.807) is 6.92 Å². The number of aliphatic hydroxyl groups is 3. The predicted molar refractivity (Wildman–Crippen MR) is 33.4 cm³/mol. The second-order valence-electron chi connectivity index (χ2n) is 2.59. The van der Waals surface area contributed by atoms with Gasteiger partial charge in [-0.05, 0) is 6.92 Å². The van der Waals surface area contributed by atoms with E-state index >= 15 is 0 Å². The van der Waals surface area contributed by atoms with Gasteiger partial charge in [0.2, 0.25) is 0 Å². The molecule has 3 N–H and O–H groups in total. The SMILES string of the molecule is C[C@@H]1OC[C@@H](O)[C@H](O)C1O. The minimum absolute atomic E-state index is 0.0966. The fourth-order valence-corrected chi connectivity index (χ4v) is 0.953. The van der Waals surface area contributed by atoms with Gasteiger partial charge in [0.05, 0.1) is 12.7 Å². The molecule has 1 saturated heterocycles. The number of hydrogen-bond donors (Lipinski definition) is 3. The number of aliphatic hydroxyl groups excluding tert-OH is 3. The third-order valence-corrected chi connectivity index (χ3v) is 1.75. The number of rotatable bonds is 0. The summed E-state index contributed by atoms with van der Waals surface area (Å²) in [5, 5.41) is 27.0. The highest BCUT2D eigenvalue weighted by Gasteiger charge is 2.34. The molecule has 0 aromatic carbocycles.